The average Bonchev–Trinajstić information content (AvgIpc) is 2.28. The molecule has 0 aliphatic heterocycles. The van der Waals surface area contributed by atoms with E-state index in [1.807, 2.05) is 0 Å². The molecule has 19 heavy (non-hydrogen) atoms. The maximum absolute atomic E-state index is 11.3. The van der Waals surface area contributed by atoms with E-state index in [2.05, 4.69) is 19.2 Å². The quantitative estimate of drug-likeness (QED) is 0.512. The standard InChI is InChI=1S/C12H21N3O3S/c1-9(2)8-18-7-6-15-10-4-3-5-11(12(10)13)19(14,16)17/h3-5,9,15H,6-8,13H2,1-2H3,(H2,14,16,17). The molecule has 1 aromatic rings. The average molecular weight is 287 g/mol. The van der Waals surface area contributed by atoms with Crippen LogP contribution in [-0.4, -0.2) is 28.2 Å². The molecule has 0 amide bonds. The van der Waals surface area contributed by atoms with Crippen LogP contribution in [0.1, 0.15) is 13.8 Å². The Bertz CT molecular complexity index is 515. The minimum atomic E-state index is -3.80. The highest BCUT2D eigenvalue weighted by atomic mass is 32.2. The van der Waals surface area contributed by atoms with Crippen LogP contribution in [0, 0.1) is 5.92 Å². The van der Waals surface area contributed by atoms with Gasteiger partial charge in [0.2, 0.25) is 10.0 Å². The summed E-state index contributed by atoms with van der Waals surface area (Å²) in [5, 5.41) is 8.11. The molecule has 7 heteroatoms. The van der Waals surface area contributed by atoms with Crippen molar-refractivity contribution in [3.05, 3.63) is 18.2 Å². The predicted molar refractivity (Wildman–Crippen MR) is 76.4 cm³/mol. The minimum Gasteiger partial charge on any atom is -0.396 e. The third kappa shape index (κ3) is 5.06. The monoisotopic (exact) mass is 287 g/mol. The number of hydrogen-bond acceptors (Lipinski definition) is 5. The van der Waals surface area contributed by atoms with Crippen LogP contribution in [0.4, 0.5) is 11.4 Å². The van der Waals surface area contributed by atoms with Crippen molar-refractivity contribution in [2.45, 2.75) is 18.7 Å². The minimum absolute atomic E-state index is 0.0689. The van der Waals surface area contributed by atoms with Crippen molar-refractivity contribution in [1.82, 2.24) is 0 Å². The first-order valence-corrected chi connectivity index (χ1v) is 7.60. The van der Waals surface area contributed by atoms with E-state index < -0.39 is 10.0 Å². The summed E-state index contributed by atoms with van der Waals surface area (Å²) < 4.78 is 28.0. The van der Waals surface area contributed by atoms with Crippen molar-refractivity contribution in [3.63, 3.8) is 0 Å². The van der Waals surface area contributed by atoms with Crippen LogP contribution < -0.4 is 16.2 Å². The third-order valence-electron chi connectivity index (χ3n) is 2.39. The SMILES string of the molecule is CC(C)COCCNc1cccc(S(N)(=O)=O)c1N. The highest BCUT2D eigenvalue weighted by Gasteiger charge is 2.14. The van der Waals surface area contributed by atoms with Crippen molar-refractivity contribution < 1.29 is 13.2 Å². The second kappa shape index (κ2) is 6.74. The zero-order valence-electron chi connectivity index (χ0n) is 11.2. The Hall–Kier alpha value is -1.31. The molecule has 0 aliphatic rings. The maximum Gasteiger partial charge on any atom is 0.240 e. The Morgan fingerprint density at radius 1 is 1.37 bits per heavy atom. The summed E-state index contributed by atoms with van der Waals surface area (Å²) in [6.45, 7) is 5.90. The largest absolute Gasteiger partial charge is 0.396 e. The summed E-state index contributed by atoms with van der Waals surface area (Å²) >= 11 is 0. The molecule has 5 N–H and O–H groups in total. The van der Waals surface area contributed by atoms with Gasteiger partial charge in [-0.05, 0) is 18.1 Å². The summed E-state index contributed by atoms with van der Waals surface area (Å²) in [4.78, 5) is -0.0689. The van der Waals surface area contributed by atoms with Gasteiger partial charge in [-0.15, -0.1) is 0 Å². The number of sulfonamides is 1. The van der Waals surface area contributed by atoms with E-state index >= 15 is 0 Å². The van der Waals surface area contributed by atoms with Gasteiger partial charge in [0.1, 0.15) is 4.90 Å². The first kappa shape index (κ1) is 15.7. The Labute approximate surface area is 114 Å². The van der Waals surface area contributed by atoms with Gasteiger partial charge < -0.3 is 15.8 Å². The lowest BCUT2D eigenvalue weighted by Gasteiger charge is -2.12. The summed E-state index contributed by atoms with van der Waals surface area (Å²) in [5.74, 6) is 0.482. The van der Waals surface area contributed by atoms with Crippen LogP contribution in [-0.2, 0) is 14.8 Å². The van der Waals surface area contributed by atoms with Crippen LogP contribution in [0.5, 0.6) is 0 Å². The van der Waals surface area contributed by atoms with E-state index in [0.29, 0.717) is 31.4 Å². The highest BCUT2D eigenvalue weighted by molar-refractivity contribution is 7.89. The molecule has 0 atom stereocenters. The van der Waals surface area contributed by atoms with E-state index in [9.17, 15) is 8.42 Å². The van der Waals surface area contributed by atoms with Crippen LogP contribution in [0.2, 0.25) is 0 Å². The summed E-state index contributed by atoms with van der Waals surface area (Å²) in [5.41, 5.74) is 6.44. The number of ether oxygens (including phenoxy) is 1. The third-order valence-corrected chi connectivity index (χ3v) is 3.35. The fourth-order valence-corrected chi connectivity index (χ4v) is 2.21. The van der Waals surface area contributed by atoms with Gasteiger partial charge in [-0.1, -0.05) is 19.9 Å². The van der Waals surface area contributed by atoms with Crippen molar-refractivity contribution in [2.75, 3.05) is 30.8 Å². The smallest absolute Gasteiger partial charge is 0.240 e. The second-order valence-corrected chi connectivity index (χ2v) is 6.19. The molecule has 0 fully saturated rings. The molecule has 0 heterocycles. The number of para-hydroxylation sites is 1. The van der Waals surface area contributed by atoms with Crippen LogP contribution in [0.25, 0.3) is 0 Å². The van der Waals surface area contributed by atoms with Crippen molar-refractivity contribution in [2.24, 2.45) is 11.1 Å². The Morgan fingerprint density at radius 2 is 2.05 bits per heavy atom. The number of hydrogen-bond donors (Lipinski definition) is 3. The van der Waals surface area contributed by atoms with Crippen molar-refractivity contribution in [3.8, 4) is 0 Å². The van der Waals surface area contributed by atoms with Gasteiger partial charge in [0, 0.05) is 13.2 Å². The van der Waals surface area contributed by atoms with Crippen LogP contribution >= 0.6 is 0 Å². The lowest BCUT2D eigenvalue weighted by Crippen LogP contribution is -2.17. The first-order valence-electron chi connectivity index (χ1n) is 6.05. The first-order chi connectivity index (χ1) is 8.82. The lowest BCUT2D eigenvalue weighted by atomic mass is 10.2. The fourth-order valence-electron chi connectivity index (χ4n) is 1.52. The van der Waals surface area contributed by atoms with Gasteiger partial charge in [0.25, 0.3) is 0 Å². The lowest BCUT2D eigenvalue weighted by molar-refractivity contribution is 0.118. The van der Waals surface area contributed by atoms with Gasteiger partial charge in [-0.25, -0.2) is 13.6 Å². The molecule has 0 saturated heterocycles. The van der Waals surface area contributed by atoms with Gasteiger partial charge in [-0.3, -0.25) is 0 Å². The Balaban J connectivity index is 2.60. The number of primary sulfonamides is 1. The molecule has 0 aliphatic carbocycles. The van der Waals surface area contributed by atoms with Gasteiger partial charge in [0.15, 0.2) is 0 Å². The topological polar surface area (TPSA) is 107 Å². The molecule has 0 unspecified atom stereocenters. The van der Waals surface area contributed by atoms with E-state index in [4.69, 9.17) is 15.6 Å². The number of nitrogen functional groups attached to an aromatic ring is 1. The predicted octanol–water partition coefficient (Wildman–Crippen LogP) is 1.00. The van der Waals surface area contributed by atoms with E-state index in [1.54, 1.807) is 12.1 Å². The van der Waals surface area contributed by atoms with Crippen molar-refractivity contribution in [1.29, 1.82) is 0 Å². The second-order valence-electron chi connectivity index (χ2n) is 4.66. The Kier molecular flexibility index (Phi) is 5.59. The molecule has 1 aromatic carbocycles. The maximum atomic E-state index is 11.3. The molecule has 0 spiro atoms. The number of anilines is 2. The molecule has 0 radical (unpaired) electrons. The Morgan fingerprint density at radius 3 is 2.63 bits per heavy atom. The molecule has 1 rings (SSSR count). The summed E-state index contributed by atoms with van der Waals surface area (Å²) in [6.07, 6.45) is 0. The number of rotatable bonds is 7. The zero-order valence-corrected chi connectivity index (χ0v) is 12.0. The highest BCUT2D eigenvalue weighted by Crippen LogP contribution is 2.25. The number of nitrogens with two attached hydrogens (primary N) is 2. The molecular weight excluding hydrogens is 266 g/mol. The molecule has 0 saturated carbocycles. The number of nitrogens with one attached hydrogen (secondary N) is 1. The van der Waals surface area contributed by atoms with Gasteiger partial charge >= 0.3 is 0 Å². The number of benzene rings is 1. The van der Waals surface area contributed by atoms with Gasteiger partial charge in [-0.2, -0.15) is 0 Å². The normalized spacial score (nSPS) is 11.8. The van der Waals surface area contributed by atoms with Gasteiger partial charge in [0.05, 0.1) is 18.0 Å². The van der Waals surface area contributed by atoms with E-state index in [1.165, 1.54) is 6.07 Å². The zero-order chi connectivity index (χ0) is 14.5. The molecule has 0 aromatic heterocycles. The fraction of sp³-hybridized carbons (Fsp3) is 0.500. The molecule has 108 valence electrons. The summed E-state index contributed by atoms with van der Waals surface area (Å²) in [7, 11) is -3.80. The van der Waals surface area contributed by atoms with Crippen LogP contribution in [0.15, 0.2) is 23.1 Å². The van der Waals surface area contributed by atoms with E-state index in [0.717, 1.165) is 0 Å². The molecule has 6 nitrogen and oxygen atoms in total. The molecule has 0 bridgehead atoms. The van der Waals surface area contributed by atoms with Crippen molar-refractivity contribution >= 4 is 21.4 Å². The summed E-state index contributed by atoms with van der Waals surface area (Å²) in [6, 6.07) is 4.67. The van der Waals surface area contributed by atoms with Crippen LogP contribution in [0.3, 0.4) is 0 Å². The molecular formula is C12H21N3O3S. The van der Waals surface area contributed by atoms with E-state index in [-0.39, 0.29) is 10.6 Å².